The van der Waals surface area contributed by atoms with Gasteiger partial charge in [0.05, 0.1) is 5.56 Å². The number of benzene rings is 2. The van der Waals surface area contributed by atoms with Crippen LogP contribution in [-0.2, 0) is 0 Å². The lowest BCUT2D eigenvalue weighted by molar-refractivity contribution is 0.0697. The highest BCUT2D eigenvalue weighted by molar-refractivity contribution is 6.49. The highest BCUT2D eigenvalue weighted by Crippen LogP contribution is 2.31. The maximum absolute atomic E-state index is 11.2. The van der Waals surface area contributed by atoms with Crippen molar-refractivity contribution >= 4 is 28.2 Å². The molecule has 0 spiro atoms. The van der Waals surface area contributed by atoms with Gasteiger partial charge in [0.15, 0.2) is 0 Å². The molecule has 0 heterocycles. The molecule has 0 aliphatic carbocycles. The molecule has 0 bridgehead atoms. The number of halogens is 1. The molecule has 2 aromatic rings. The quantitative estimate of drug-likeness (QED) is 0.858. The zero-order chi connectivity index (χ0) is 15.4. The van der Waals surface area contributed by atoms with E-state index in [0.717, 1.165) is 22.3 Å². The fourth-order valence-electron chi connectivity index (χ4n) is 2.09. The highest BCUT2D eigenvalue weighted by atomic mass is 35.5. The van der Waals surface area contributed by atoms with E-state index in [1.165, 1.54) is 0 Å². The van der Waals surface area contributed by atoms with Gasteiger partial charge >= 0.3 is 5.97 Å². The number of rotatable bonds is 4. The number of allylic oxidation sites excluding steroid dienone is 1. The summed E-state index contributed by atoms with van der Waals surface area (Å²) in [6.07, 6.45) is 1.78. The first-order valence-electron chi connectivity index (χ1n) is 6.49. The van der Waals surface area contributed by atoms with Gasteiger partial charge in [0.1, 0.15) is 0 Å². The molecule has 3 heteroatoms. The Morgan fingerprint density at radius 3 is 2.33 bits per heavy atom. The van der Waals surface area contributed by atoms with Gasteiger partial charge in [0, 0.05) is 10.6 Å². The highest BCUT2D eigenvalue weighted by Gasteiger charge is 2.13. The van der Waals surface area contributed by atoms with E-state index in [2.05, 4.69) is 6.58 Å². The number of hydrogen-bond donors (Lipinski definition) is 1. The van der Waals surface area contributed by atoms with Gasteiger partial charge in [-0.15, -0.1) is 0 Å². The van der Waals surface area contributed by atoms with Gasteiger partial charge in [0.25, 0.3) is 0 Å². The number of carbonyl (C=O) groups is 1. The third kappa shape index (κ3) is 3.23. The minimum Gasteiger partial charge on any atom is -0.478 e. The zero-order valence-electron chi connectivity index (χ0n) is 11.6. The van der Waals surface area contributed by atoms with Crippen LogP contribution in [0.4, 0.5) is 0 Å². The monoisotopic (exact) mass is 298 g/mol. The Labute approximate surface area is 129 Å². The van der Waals surface area contributed by atoms with Crippen LogP contribution in [0, 0.1) is 0 Å². The molecule has 1 N–H and O–H groups in total. The van der Waals surface area contributed by atoms with Crippen LogP contribution in [0.15, 0.2) is 61.2 Å². The van der Waals surface area contributed by atoms with E-state index in [9.17, 15) is 9.90 Å². The fourth-order valence-corrected chi connectivity index (χ4v) is 2.25. The van der Waals surface area contributed by atoms with Crippen LogP contribution in [-0.4, -0.2) is 11.1 Å². The van der Waals surface area contributed by atoms with Crippen LogP contribution in [0.1, 0.15) is 34.0 Å². The number of carboxylic acid groups (broad SMARTS) is 1. The average Bonchev–Trinajstić information content (AvgIpc) is 2.53. The minimum absolute atomic E-state index is 0.214. The maximum Gasteiger partial charge on any atom is 0.335 e. The van der Waals surface area contributed by atoms with Crippen molar-refractivity contribution in [2.24, 2.45) is 0 Å². The van der Waals surface area contributed by atoms with Gasteiger partial charge in [-0.2, -0.15) is 0 Å². The van der Waals surface area contributed by atoms with Crippen molar-refractivity contribution in [3.63, 3.8) is 0 Å². The second kappa shape index (κ2) is 6.42. The van der Waals surface area contributed by atoms with E-state index < -0.39 is 5.97 Å². The molecule has 21 heavy (non-hydrogen) atoms. The molecule has 0 saturated heterocycles. The van der Waals surface area contributed by atoms with E-state index >= 15 is 0 Å². The molecular formula is C18H15ClO2. The van der Waals surface area contributed by atoms with Crippen molar-refractivity contribution < 1.29 is 9.90 Å². The molecule has 0 amide bonds. The van der Waals surface area contributed by atoms with Crippen molar-refractivity contribution in [3.8, 4) is 0 Å². The summed E-state index contributed by atoms with van der Waals surface area (Å²) in [6, 6.07) is 14.5. The molecule has 2 nitrogen and oxygen atoms in total. The molecule has 0 aliphatic heterocycles. The van der Waals surface area contributed by atoms with Crippen LogP contribution >= 0.6 is 11.6 Å². The van der Waals surface area contributed by atoms with Gasteiger partial charge in [-0.1, -0.05) is 60.7 Å². The molecule has 0 aliphatic rings. The van der Waals surface area contributed by atoms with E-state index in [-0.39, 0.29) is 5.56 Å². The largest absolute Gasteiger partial charge is 0.478 e. The summed E-state index contributed by atoms with van der Waals surface area (Å²) in [5.74, 6) is -0.972. The third-order valence-corrected chi connectivity index (χ3v) is 3.65. The maximum atomic E-state index is 11.2. The number of hydrogen-bond acceptors (Lipinski definition) is 1. The van der Waals surface area contributed by atoms with E-state index in [1.54, 1.807) is 24.3 Å². The summed E-state index contributed by atoms with van der Waals surface area (Å²) < 4.78 is 0. The standard InChI is InChI=1S/C18H15ClO2/c1-3-17(19)15-10-9-14(18(20)21)11-16(15)12(2)13-7-5-4-6-8-13/h3-11H,2H2,1H3,(H,20,21)/b17-3+. The van der Waals surface area contributed by atoms with Crippen molar-refractivity contribution in [1.29, 1.82) is 0 Å². The van der Waals surface area contributed by atoms with E-state index in [1.807, 2.05) is 37.3 Å². The summed E-state index contributed by atoms with van der Waals surface area (Å²) in [5, 5.41) is 9.74. The molecule has 0 radical (unpaired) electrons. The van der Waals surface area contributed by atoms with Gasteiger partial charge in [-0.05, 0) is 35.8 Å². The Morgan fingerprint density at radius 1 is 1.10 bits per heavy atom. The minimum atomic E-state index is -0.972. The molecular weight excluding hydrogens is 284 g/mol. The lowest BCUT2D eigenvalue weighted by Crippen LogP contribution is -2.00. The Balaban J connectivity index is 2.61. The van der Waals surface area contributed by atoms with Crippen LogP contribution in [0.5, 0.6) is 0 Å². The Morgan fingerprint density at radius 2 is 1.76 bits per heavy atom. The van der Waals surface area contributed by atoms with Crippen LogP contribution < -0.4 is 0 Å². The second-order valence-electron chi connectivity index (χ2n) is 4.55. The molecule has 2 aromatic carbocycles. The summed E-state index contributed by atoms with van der Waals surface area (Å²) in [4.78, 5) is 11.2. The lowest BCUT2D eigenvalue weighted by Gasteiger charge is -2.13. The SMILES string of the molecule is C=C(c1ccccc1)c1cc(C(=O)O)ccc1/C(Cl)=C\C. The van der Waals surface area contributed by atoms with Crippen LogP contribution in [0.25, 0.3) is 10.6 Å². The Kier molecular flexibility index (Phi) is 4.61. The Hall–Kier alpha value is -2.32. The van der Waals surface area contributed by atoms with Gasteiger partial charge in [-0.3, -0.25) is 0 Å². The molecule has 0 fully saturated rings. The third-order valence-electron chi connectivity index (χ3n) is 3.22. The normalized spacial score (nSPS) is 11.2. The first-order valence-corrected chi connectivity index (χ1v) is 6.86. The van der Waals surface area contributed by atoms with Gasteiger partial charge < -0.3 is 5.11 Å². The molecule has 0 saturated carbocycles. The zero-order valence-corrected chi connectivity index (χ0v) is 12.4. The first-order chi connectivity index (χ1) is 10.0. The second-order valence-corrected chi connectivity index (χ2v) is 4.95. The molecule has 0 aromatic heterocycles. The van der Waals surface area contributed by atoms with Crippen LogP contribution in [0.2, 0.25) is 0 Å². The summed E-state index contributed by atoms with van der Waals surface area (Å²) >= 11 is 6.23. The number of carboxylic acids is 1. The topological polar surface area (TPSA) is 37.3 Å². The lowest BCUT2D eigenvalue weighted by atomic mass is 9.93. The summed E-state index contributed by atoms with van der Waals surface area (Å²) in [5.41, 5.74) is 3.39. The van der Waals surface area contributed by atoms with Gasteiger partial charge in [-0.25, -0.2) is 4.79 Å². The molecule has 106 valence electrons. The van der Waals surface area contributed by atoms with E-state index in [0.29, 0.717) is 5.03 Å². The predicted octanol–water partition coefficient (Wildman–Crippen LogP) is 5.05. The van der Waals surface area contributed by atoms with Crippen LogP contribution in [0.3, 0.4) is 0 Å². The average molecular weight is 299 g/mol. The first kappa shape index (κ1) is 15.1. The molecule has 0 atom stereocenters. The van der Waals surface area contributed by atoms with Crippen molar-refractivity contribution in [2.45, 2.75) is 6.92 Å². The molecule has 2 rings (SSSR count). The summed E-state index contributed by atoms with van der Waals surface area (Å²) in [6.45, 7) is 5.93. The fraction of sp³-hybridized carbons (Fsp3) is 0.0556. The predicted molar refractivity (Wildman–Crippen MR) is 87.5 cm³/mol. The van der Waals surface area contributed by atoms with Crippen molar-refractivity contribution in [3.05, 3.63) is 83.4 Å². The Bertz CT molecular complexity index is 715. The molecule has 0 unspecified atom stereocenters. The van der Waals surface area contributed by atoms with Gasteiger partial charge in [0.2, 0.25) is 0 Å². The van der Waals surface area contributed by atoms with E-state index in [4.69, 9.17) is 11.6 Å². The summed E-state index contributed by atoms with van der Waals surface area (Å²) in [7, 11) is 0. The number of aromatic carboxylic acids is 1. The van der Waals surface area contributed by atoms with Crippen molar-refractivity contribution in [1.82, 2.24) is 0 Å². The smallest absolute Gasteiger partial charge is 0.335 e. The van der Waals surface area contributed by atoms with Crippen molar-refractivity contribution in [2.75, 3.05) is 0 Å².